The van der Waals surface area contributed by atoms with Gasteiger partial charge in [0.2, 0.25) is 0 Å². The van der Waals surface area contributed by atoms with Crippen LogP contribution in [0.3, 0.4) is 0 Å². The molecule has 19 heavy (non-hydrogen) atoms. The second-order valence-electron chi connectivity index (χ2n) is 6.55. The lowest BCUT2D eigenvalue weighted by Crippen LogP contribution is -2.46. The van der Waals surface area contributed by atoms with Crippen LogP contribution in [0.25, 0.3) is 0 Å². The van der Waals surface area contributed by atoms with Gasteiger partial charge in [-0.2, -0.15) is 0 Å². The Morgan fingerprint density at radius 1 is 1.32 bits per heavy atom. The van der Waals surface area contributed by atoms with E-state index in [1.165, 1.54) is 0 Å². The number of nitrogens with zero attached hydrogens (tertiary/aromatic N) is 1. The summed E-state index contributed by atoms with van der Waals surface area (Å²) in [6, 6.07) is 7.56. The summed E-state index contributed by atoms with van der Waals surface area (Å²) in [5, 5.41) is 3.62. The zero-order valence-corrected chi connectivity index (χ0v) is 12.2. The average molecular weight is 264 g/mol. The van der Waals surface area contributed by atoms with Gasteiger partial charge in [0.1, 0.15) is 5.82 Å². The van der Waals surface area contributed by atoms with Crippen LogP contribution in [0.5, 0.6) is 0 Å². The summed E-state index contributed by atoms with van der Waals surface area (Å²) in [7, 11) is 0. The molecule has 0 aliphatic carbocycles. The van der Waals surface area contributed by atoms with E-state index >= 15 is 0 Å². The number of rotatable bonds is 2. The van der Waals surface area contributed by atoms with Gasteiger partial charge < -0.3 is 5.32 Å². The van der Waals surface area contributed by atoms with E-state index in [2.05, 4.69) is 31.0 Å². The van der Waals surface area contributed by atoms with Gasteiger partial charge in [0.05, 0.1) is 0 Å². The zero-order valence-electron chi connectivity index (χ0n) is 12.2. The molecule has 0 spiro atoms. The first-order valence-electron chi connectivity index (χ1n) is 7.16. The minimum absolute atomic E-state index is 0.0907. The Morgan fingerprint density at radius 3 is 2.74 bits per heavy atom. The fraction of sp³-hybridized carbons (Fsp3) is 0.625. The Morgan fingerprint density at radius 2 is 2.05 bits per heavy atom. The second kappa shape index (κ2) is 6.02. The topological polar surface area (TPSA) is 15.3 Å². The van der Waals surface area contributed by atoms with Crippen molar-refractivity contribution in [1.82, 2.24) is 10.2 Å². The van der Waals surface area contributed by atoms with E-state index in [1.54, 1.807) is 12.1 Å². The maximum Gasteiger partial charge on any atom is 0.127 e. The summed E-state index contributed by atoms with van der Waals surface area (Å²) >= 11 is 0. The smallest absolute Gasteiger partial charge is 0.127 e. The van der Waals surface area contributed by atoms with Crippen molar-refractivity contribution in [2.45, 2.75) is 39.8 Å². The molecule has 3 heteroatoms. The molecule has 1 aliphatic rings. The Hall–Kier alpha value is -0.930. The lowest BCUT2D eigenvalue weighted by molar-refractivity contribution is 0.191. The minimum atomic E-state index is -0.0907. The predicted octanol–water partition coefficient (Wildman–Crippen LogP) is 3.04. The van der Waals surface area contributed by atoms with E-state index in [0.29, 0.717) is 12.6 Å². The highest BCUT2D eigenvalue weighted by Gasteiger charge is 2.28. The maximum absolute atomic E-state index is 13.7. The van der Waals surface area contributed by atoms with Crippen LogP contribution in [-0.2, 0) is 6.54 Å². The van der Waals surface area contributed by atoms with Crippen LogP contribution >= 0.6 is 0 Å². The van der Waals surface area contributed by atoms with Crippen LogP contribution in [-0.4, -0.2) is 30.6 Å². The molecule has 1 saturated heterocycles. The molecule has 1 heterocycles. The van der Waals surface area contributed by atoms with Gasteiger partial charge in [-0.05, 0) is 31.0 Å². The first kappa shape index (κ1) is 14.5. The second-order valence-corrected chi connectivity index (χ2v) is 6.55. The van der Waals surface area contributed by atoms with Crippen molar-refractivity contribution < 1.29 is 4.39 Å². The van der Waals surface area contributed by atoms with Crippen molar-refractivity contribution in [3.05, 3.63) is 35.6 Å². The van der Waals surface area contributed by atoms with Gasteiger partial charge in [-0.1, -0.05) is 39.0 Å². The third kappa shape index (κ3) is 4.02. The summed E-state index contributed by atoms with van der Waals surface area (Å²) in [4.78, 5) is 2.37. The van der Waals surface area contributed by atoms with Crippen molar-refractivity contribution in [1.29, 1.82) is 0 Å². The summed E-state index contributed by atoms with van der Waals surface area (Å²) in [5.74, 6) is -0.0907. The van der Waals surface area contributed by atoms with Crippen molar-refractivity contribution in [2.24, 2.45) is 5.41 Å². The fourth-order valence-corrected chi connectivity index (χ4v) is 2.58. The summed E-state index contributed by atoms with van der Waals surface area (Å²) in [6.45, 7) is 10.6. The molecular formula is C16H25FN2. The third-order valence-corrected chi connectivity index (χ3v) is 3.88. The molecule has 1 aromatic carbocycles. The number of benzene rings is 1. The van der Waals surface area contributed by atoms with Gasteiger partial charge >= 0.3 is 0 Å². The first-order valence-corrected chi connectivity index (χ1v) is 7.16. The number of hydrogen-bond donors (Lipinski definition) is 1. The highest BCUT2D eigenvalue weighted by atomic mass is 19.1. The molecule has 2 nitrogen and oxygen atoms in total. The van der Waals surface area contributed by atoms with E-state index in [9.17, 15) is 4.39 Å². The standard InChI is InChI=1S/C16H25FN2/c1-16(2,3)15-12-19(10-6-9-18-15)11-13-7-4-5-8-14(13)17/h4-5,7-8,15,18H,6,9-12H2,1-3H3. The van der Waals surface area contributed by atoms with Crippen molar-refractivity contribution >= 4 is 0 Å². The quantitative estimate of drug-likeness (QED) is 0.883. The largest absolute Gasteiger partial charge is 0.312 e. The van der Waals surface area contributed by atoms with Crippen LogP contribution in [0.15, 0.2) is 24.3 Å². The minimum Gasteiger partial charge on any atom is -0.312 e. The molecule has 0 radical (unpaired) electrons. The molecule has 1 fully saturated rings. The number of nitrogens with one attached hydrogen (secondary N) is 1. The van der Waals surface area contributed by atoms with E-state index in [-0.39, 0.29) is 11.2 Å². The van der Waals surface area contributed by atoms with Gasteiger partial charge in [0, 0.05) is 24.7 Å². The number of halogens is 1. The zero-order chi connectivity index (χ0) is 13.9. The van der Waals surface area contributed by atoms with E-state index in [1.807, 2.05) is 12.1 Å². The van der Waals surface area contributed by atoms with Crippen LogP contribution in [0.2, 0.25) is 0 Å². The molecule has 1 aromatic rings. The fourth-order valence-electron chi connectivity index (χ4n) is 2.58. The van der Waals surface area contributed by atoms with Gasteiger partial charge in [0.15, 0.2) is 0 Å². The Labute approximate surface area is 116 Å². The molecule has 1 atom stereocenters. The van der Waals surface area contributed by atoms with Gasteiger partial charge in [-0.25, -0.2) is 4.39 Å². The molecule has 0 amide bonds. The molecule has 1 N–H and O–H groups in total. The van der Waals surface area contributed by atoms with Crippen molar-refractivity contribution in [3.8, 4) is 0 Å². The first-order chi connectivity index (χ1) is 8.97. The predicted molar refractivity (Wildman–Crippen MR) is 77.5 cm³/mol. The Kier molecular flexibility index (Phi) is 4.58. The van der Waals surface area contributed by atoms with E-state index < -0.39 is 0 Å². The normalized spacial score (nSPS) is 22.2. The molecule has 1 unspecified atom stereocenters. The maximum atomic E-state index is 13.7. The van der Waals surface area contributed by atoms with Crippen LogP contribution in [0.4, 0.5) is 4.39 Å². The third-order valence-electron chi connectivity index (χ3n) is 3.88. The monoisotopic (exact) mass is 264 g/mol. The van der Waals surface area contributed by atoms with Gasteiger partial charge in [0.25, 0.3) is 0 Å². The van der Waals surface area contributed by atoms with Gasteiger partial charge in [-0.15, -0.1) is 0 Å². The highest BCUT2D eigenvalue weighted by molar-refractivity contribution is 5.17. The van der Waals surface area contributed by atoms with Crippen molar-refractivity contribution in [2.75, 3.05) is 19.6 Å². The Balaban J connectivity index is 2.05. The lowest BCUT2D eigenvalue weighted by atomic mass is 9.86. The number of hydrogen-bond acceptors (Lipinski definition) is 2. The van der Waals surface area contributed by atoms with E-state index in [4.69, 9.17) is 0 Å². The molecular weight excluding hydrogens is 239 g/mol. The van der Waals surface area contributed by atoms with Crippen molar-refractivity contribution in [3.63, 3.8) is 0 Å². The average Bonchev–Trinajstić information content (AvgIpc) is 2.57. The van der Waals surface area contributed by atoms with Crippen LogP contribution < -0.4 is 5.32 Å². The van der Waals surface area contributed by atoms with Crippen LogP contribution in [0, 0.1) is 11.2 Å². The lowest BCUT2D eigenvalue weighted by Gasteiger charge is -2.33. The highest BCUT2D eigenvalue weighted by Crippen LogP contribution is 2.22. The van der Waals surface area contributed by atoms with Crippen LogP contribution in [0.1, 0.15) is 32.8 Å². The molecule has 2 rings (SSSR count). The molecule has 1 aliphatic heterocycles. The molecule has 0 aromatic heterocycles. The van der Waals surface area contributed by atoms with Gasteiger partial charge in [-0.3, -0.25) is 4.90 Å². The summed E-state index contributed by atoms with van der Waals surface area (Å²) in [6.07, 6.45) is 1.13. The molecule has 0 saturated carbocycles. The Bertz CT molecular complexity index is 411. The molecule has 106 valence electrons. The molecule has 0 bridgehead atoms. The summed E-state index contributed by atoms with van der Waals surface area (Å²) < 4.78 is 13.7. The van der Waals surface area contributed by atoms with E-state index in [0.717, 1.165) is 31.6 Å². The SMILES string of the molecule is CC(C)(C)C1CN(Cc2ccccc2F)CCCN1. The summed E-state index contributed by atoms with van der Waals surface area (Å²) in [5.41, 5.74) is 1.04.